The molecule has 2 aromatic rings. The van der Waals surface area contributed by atoms with E-state index in [1.165, 1.54) is 0 Å². The van der Waals surface area contributed by atoms with E-state index in [4.69, 9.17) is 13.9 Å². The van der Waals surface area contributed by atoms with E-state index in [9.17, 15) is 0 Å². The maximum atomic E-state index is 5.92. The molecule has 0 aliphatic rings. The highest BCUT2D eigenvalue weighted by Gasteiger charge is 2.21. The summed E-state index contributed by atoms with van der Waals surface area (Å²) >= 11 is 0. The van der Waals surface area contributed by atoms with Crippen LogP contribution in [0.25, 0.3) is 11.3 Å². The first-order chi connectivity index (χ1) is 9.64. The van der Waals surface area contributed by atoms with Gasteiger partial charge in [0.05, 0.1) is 11.8 Å². The Morgan fingerprint density at radius 2 is 1.67 bits per heavy atom. The molecule has 2 heterocycles. The standard InChI is InChI=1S/C16H22N2O3/c1-15(2,3)20-13-11(12-8-7-9-19-12)10-17-14(18-13)21-16(4,5)6/h7-10H,1-6H3. The van der Waals surface area contributed by atoms with E-state index < -0.39 is 0 Å². The largest absolute Gasteiger partial charge is 0.471 e. The van der Waals surface area contributed by atoms with Crippen LogP contribution in [0.2, 0.25) is 0 Å². The molecule has 2 rings (SSSR count). The highest BCUT2D eigenvalue weighted by molar-refractivity contribution is 5.62. The lowest BCUT2D eigenvalue weighted by molar-refractivity contribution is 0.103. The Morgan fingerprint density at radius 3 is 2.19 bits per heavy atom. The molecule has 114 valence electrons. The van der Waals surface area contributed by atoms with Crippen molar-refractivity contribution in [2.45, 2.75) is 52.7 Å². The molecule has 0 unspecified atom stereocenters. The summed E-state index contributed by atoms with van der Waals surface area (Å²) in [5.74, 6) is 1.11. The number of hydrogen-bond acceptors (Lipinski definition) is 5. The Balaban J connectivity index is 2.41. The summed E-state index contributed by atoms with van der Waals surface area (Å²) in [5, 5.41) is 0. The van der Waals surface area contributed by atoms with Crippen LogP contribution in [0.1, 0.15) is 41.5 Å². The average molecular weight is 290 g/mol. The Kier molecular flexibility index (Phi) is 3.94. The van der Waals surface area contributed by atoms with Gasteiger partial charge in [-0.2, -0.15) is 4.98 Å². The minimum atomic E-state index is -0.380. The van der Waals surface area contributed by atoms with E-state index in [-0.39, 0.29) is 17.2 Å². The number of hydrogen-bond donors (Lipinski definition) is 0. The minimum Gasteiger partial charge on any atom is -0.471 e. The van der Waals surface area contributed by atoms with Crippen molar-refractivity contribution in [3.63, 3.8) is 0 Å². The van der Waals surface area contributed by atoms with Gasteiger partial charge in [-0.1, -0.05) is 0 Å². The third-order valence-electron chi connectivity index (χ3n) is 2.32. The van der Waals surface area contributed by atoms with Gasteiger partial charge in [0.15, 0.2) is 0 Å². The Hall–Kier alpha value is -2.04. The monoisotopic (exact) mass is 290 g/mol. The van der Waals surface area contributed by atoms with Gasteiger partial charge in [-0.3, -0.25) is 0 Å². The van der Waals surface area contributed by atoms with Gasteiger partial charge in [-0.05, 0) is 53.7 Å². The SMILES string of the molecule is CC(C)(C)Oc1ncc(-c2ccco2)c(OC(C)(C)C)n1. The summed E-state index contributed by atoms with van der Waals surface area (Å²) in [6.45, 7) is 11.7. The predicted molar refractivity (Wildman–Crippen MR) is 80.5 cm³/mol. The van der Waals surface area contributed by atoms with E-state index in [2.05, 4.69) is 9.97 Å². The smallest absolute Gasteiger partial charge is 0.320 e. The van der Waals surface area contributed by atoms with Gasteiger partial charge in [0, 0.05) is 6.20 Å². The number of furan rings is 1. The van der Waals surface area contributed by atoms with Gasteiger partial charge in [-0.15, -0.1) is 0 Å². The maximum Gasteiger partial charge on any atom is 0.320 e. The van der Waals surface area contributed by atoms with Crippen molar-refractivity contribution in [2.75, 3.05) is 0 Å². The number of nitrogens with zero attached hydrogens (tertiary/aromatic N) is 2. The third kappa shape index (κ3) is 4.48. The second-order valence-electron chi connectivity index (χ2n) is 6.78. The molecule has 0 bridgehead atoms. The van der Waals surface area contributed by atoms with Gasteiger partial charge in [-0.25, -0.2) is 4.98 Å². The van der Waals surface area contributed by atoms with Crippen LogP contribution in [-0.2, 0) is 0 Å². The van der Waals surface area contributed by atoms with Gasteiger partial charge in [0.2, 0.25) is 5.88 Å². The highest BCUT2D eigenvalue weighted by Crippen LogP contribution is 2.32. The summed E-state index contributed by atoms with van der Waals surface area (Å²) in [7, 11) is 0. The molecule has 5 heteroatoms. The van der Waals surface area contributed by atoms with Crippen molar-refractivity contribution in [1.82, 2.24) is 9.97 Å². The molecule has 0 amide bonds. The lowest BCUT2D eigenvalue weighted by atomic mass is 10.2. The molecule has 5 nitrogen and oxygen atoms in total. The molecule has 0 aliphatic carbocycles. The Morgan fingerprint density at radius 1 is 1.00 bits per heavy atom. The van der Waals surface area contributed by atoms with Gasteiger partial charge >= 0.3 is 6.01 Å². The highest BCUT2D eigenvalue weighted by atomic mass is 16.5. The average Bonchev–Trinajstić information content (AvgIpc) is 2.78. The zero-order valence-corrected chi connectivity index (χ0v) is 13.4. The molecule has 0 fully saturated rings. The molecule has 0 saturated heterocycles. The predicted octanol–water partition coefficient (Wildman–Crippen LogP) is 4.09. The van der Waals surface area contributed by atoms with Crippen LogP contribution in [0.3, 0.4) is 0 Å². The van der Waals surface area contributed by atoms with E-state index in [1.807, 2.05) is 53.7 Å². The number of rotatable bonds is 3. The lowest BCUT2D eigenvalue weighted by Crippen LogP contribution is -2.26. The normalized spacial score (nSPS) is 12.3. The molecular weight excluding hydrogens is 268 g/mol. The first-order valence-electron chi connectivity index (χ1n) is 6.93. The zero-order valence-electron chi connectivity index (χ0n) is 13.4. The van der Waals surface area contributed by atoms with Crippen molar-refractivity contribution in [3.05, 3.63) is 24.6 Å². The van der Waals surface area contributed by atoms with Crippen molar-refractivity contribution in [2.24, 2.45) is 0 Å². The van der Waals surface area contributed by atoms with Gasteiger partial charge in [0.1, 0.15) is 17.0 Å². The molecule has 0 atom stereocenters. The third-order valence-corrected chi connectivity index (χ3v) is 2.32. The van der Waals surface area contributed by atoms with Gasteiger partial charge in [0.25, 0.3) is 0 Å². The maximum absolute atomic E-state index is 5.92. The van der Waals surface area contributed by atoms with Crippen LogP contribution >= 0.6 is 0 Å². The van der Waals surface area contributed by atoms with Crippen LogP contribution in [0.4, 0.5) is 0 Å². The fourth-order valence-corrected chi connectivity index (χ4v) is 1.64. The molecule has 2 aromatic heterocycles. The van der Waals surface area contributed by atoms with Crippen molar-refractivity contribution >= 4 is 0 Å². The van der Waals surface area contributed by atoms with Crippen molar-refractivity contribution in [1.29, 1.82) is 0 Å². The first kappa shape index (κ1) is 15.4. The zero-order chi connectivity index (χ0) is 15.7. The molecule has 0 N–H and O–H groups in total. The van der Waals surface area contributed by atoms with Crippen molar-refractivity contribution < 1.29 is 13.9 Å². The summed E-state index contributed by atoms with van der Waals surface area (Å²) in [4.78, 5) is 8.62. The number of ether oxygens (including phenoxy) is 2. The summed E-state index contributed by atoms with van der Waals surface area (Å²) < 4.78 is 17.0. The molecule has 0 saturated carbocycles. The van der Waals surface area contributed by atoms with Crippen LogP contribution in [0.15, 0.2) is 29.0 Å². The fraction of sp³-hybridized carbons (Fsp3) is 0.500. The molecule has 0 radical (unpaired) electrons. The second kappa shape index (κ2) is 5.39. The van der Waals surface area contributed by atoms with Crippen LogP contribution in [-0.4, -0.2) is 21.2 Å². The summed E-state index contributed by atoms with van der Waals surface area (Å²) in [5.41, 5.74) is -0.0453. The van der Waals surface area contributed by atoms with Crippen LogP contribution in [0.5, 0.6) is 11.9 Å². The number of aromatic nitrogens is 2. The molecule has 0 spiro atoms. The van der Waals surface area contributed by atoms with E-state index in [0.717, 1.165) is 0 Å². The fourth-order valence-electron chi connectivity index (χ4n) is 1.64. The molecule has 21 heavy (non-hydrogen) atoms. The van der Waals surface area contributed by atoms with E-state index in [0.29, 0.717) is 17.2 Å². The molecular formula is C16H22N2O3. The summed E-state index contributed by atoms with van der Waals surface area (Å²) in [6, 6.07) is 3.95. The minimum absolute atomic E-state index is 0.289. The van der Waals surface area contributed by atoms with E-state index >= 15 is 0 Å². The Bertz CT molecular complexity index is 593. The topological polar surface area (TPSA) is 57.4 Å². The van der Waals surface area contributed by atoms with Gasteiger partial charge < -0.3 is 13.9 Å². The van der Waals surface area contributed by atoms with Crippen LogP contribution < -0.4 is 9.47 Å². The first-order valence-corrected chi connectivity index (χ1v) is 6.93. The van der Waals surface area contributed by atoms with Crippen LogP contribution in [0, 0.1) is 0 Å². The lowest BCUT2D eigenvalue weighted by Gasteiger charge is -2.23. The van der Waals surface area contributed by atoms with E-state index in [1.54, 1.807) is 12.5 Å². The quantitative estimate of drug-likeness (QED) is 0.852. The molecule has 0 aromatic carbocycles. The summed E-state index contributed by atoms with van der Waals surface area (Å²) in [6.07, 6.45) is 3.27. The second-order valence-corrected chi connectivity index (χ2v) is 6.78. The van der Waals surface area contributed by atoms with Crippen molar-refractivity contribution in [3.8, 4) is 23.2 Å². The Labute approximate surface area is 125 Å². The molecule has 0 aliphatic heterocycles.